The van der Waals surface area contributed by atoms with Gasteiger partial charge in [-0.25, -0.2) is 14.6 Å². The van der Waals surface area contributed by atoms with Crippen molar-refractivity contribution in [3.8, 4) is 11.4 Å². The first-order chi connectivity index (χ1) is 19.6. The molecule has 2 fully saturated rings. The number of hydrogen-bond acceptors (Lipinski definition) is 6. The number of nitrogens with one attached hydrogen (secondary N) is 2. The summed E-state index contributed by atoms with van der Waals surface area (Å²) in [5.41, 5.74) is 2.04. The van der Waals surface area contributed by atoms with Crippen LogP contribution in [0.5, 0.6) is 0 Å². The smallest absolute Gasteiger partial charge is 0.227 e. The molecule has 1 atom stereocenters. The molecule has 40 heavy (non-hydrogen) atoms. The molecule has 0 radical (unpaired) electrons. The van der Waals surface area contributed by atoms with Crippen molar-refractivity contribution in [2.45, 2.75) is 70.5 Å². The summed E-state index contributed by atoms with van der Waals surface area (Å²) in [6.45, 7) is 5.28. The molecular weight excluding hydrogens is 498 g/mol. The van der Waals surface area contributed by atoms with Crippen molar-refractivity contribution in [3.63, 3.8) is 0 Å². The van der Waals surface area contributed by atoms with Crippen LogP contribution in [0.15, 0.2) is 60.8 Å². The molecule has 1 saturated carbocycles. The van der Waals surface area contributed by atoms with Gasteiger partial charge in [0.2, 0.25) is 5.91 Å². The van der Waals surface area contributed by atoms with Gasteiger partial charge < -0.3 is 15.5 Å². The van der Waals surface area contributed by atoms with Gasteiger partial charge in [-0.05, 0) is 67.6 Å². The van der Waals surface area contributed by atoms with Gasteiger partial charge in [0.1, 0.15) is 11.6 Å². The van der Waals surface area contributed by atoms with E-state index in [1.54, 1.807) is 0 Å². The number of amides is 1. The number of nitrogens with zero attached hydrogens (tertiary/aromatic N) is 5. The lowest BCUT2D eigenvalue weighted by Crippen LogP contribution is -2.42. The number of benzene rings is 2. The Morgan fingerprint density at radius 1 is 1.07 bits per heavy atom. The molecule has 8 heteroatoms. The van der Waals surface area contributed by atoms with Crippen molar-refractivity contribution in [2.75, 3.05) is 25.0 Å². The Bertz CT molecular complexity index is 1450. The summed E-state index contributed by atoms with van der Waals surface area (Å²) in [6, 6.07) is 19.2. The fourth-order valence-electron chi connectivity index (χ4n) is 6.23. The minimum Gasteiger partial charge on any atom is -0.366 e. The van der Waals surface area contributed by atoms with Crippen LogP contribution in [0.1, 0.15) is 49.9 Å². The van der Waals surface area contributed by atoms with Crippen LogP contribution in [0.25, 0.3) is 22.2 Å². The Labute approximate surface area is 236 Å². The molecule has 1 aliphatic heterocycles. The standard InChI is InChI=1S/C32H39N7O/c1-23-35-32(26-15-17-34-30(20-26)36-27-11-7-16-33-22-27)37-39(23)19-18-38(28-12-3-4-13-28)31(40)21-25-10-6-9-24-8-2-5-14-29(24)25/h2,5-6,8-10,14-15,17,20,27-28,33H,3-4,7,11-13,16,18-19,21-22H2,1H3,(H,34,36). The van der Waals surface area contributed by atoms with Crippen LogP contribution in [0.2, 0.25) is 0 Å². The lowest BCUT2D eigenvalue weighted by atomic mass is 10.0. The molecule has 1 unspecified atom stereocenters. The second-order valence-electron chi connectivity index (χ2n) is 11.2. The minimum absolute atomic E-state index is 0.197. The van der Waals surface area contributed by atoms with Crippen LogP contribution < -0.4 is 10.6 Å². The molecule has 1 amide bonds. The molecular formula is C32H39N7O. The van der Waals surface area contributed by atoms with Crippen LogP contribution in [-0.2, 0) is 17.8 Å². The SMILES string of the molecule is Cc1nc(-c2ccnc(NC3CCCNC3)c2)nn1CCN(C(=O)Cc1cccc2ccccc12)C1CCCC1. The third-order valence-electron chi connectivity index (χ3n) is 8.38. The lowest BCUT2D eigenvalue weighted by molar-refractivity contribution is -0.132. The summed E-state index contributed by atoms with van der Waals surface area (Å²) in [5.74, 6) is 2.60. The van der Waals surface area contributed by atoms with Crippen molar-refractivity contribution in [1.29, 1.82) is 0 Å². The van der Waals surface area contributed by atoms with Crippen molar-refractivity contribution in [1.82, 2.24) is 30.0 Å². The molecule has 1 aliphatic carbocycles. The van der Waals surface area contributed by atoms with E-state index in [1.807, 2.05) is 42.1 Å². The number of pyridine rings is 1. The summed E-state index contributed by atoms with van der Waals surface area (Å²) in [4.78, 5) is 25.1. The zero-order chi connectivity index (χ0) is 27.3. The van der Waals surface area contributed by atoms with Crippen molar-refractivity contribution < 1.29 is 4.79 Å². The highest BCUT2D eigenvalue weighted by molar-refractivity contribution is 5.90. The predicted octanol–water partition coefficient (Wildman–Crippen LogP) is 4.98. The van der Waals surface area contributed by atoms with Gasteiger partial charge in [0.25, 0.3) is 0 Å². The average Bonchev–Trinajstić information content (AvgIpc) is 3.64. The van der Waals surface area contributed by atoms with Gasteiger partial charge in [-0.3, -0.25) is 4.79 Å². The molecule has 2 aromatic carbocycles. The predicted molar refractivity (Wildman–Crippen MR) is 159 cm³/mol. The highest BCUT2D eigenvalue weighted by atomic mass is 16.2. The van der Waals surface area contributed by atoms with E-state index in [1.165, 1.54) is 24.6 Å². The van der Waals surface area contributed by atoms with E-state index in [9.17, 15) is 4.79 Å². The van der Waals surface area contributed by atoms with Crippen LogP contribution in [0.3, 0.4) is 0 Å². The number of rotatable bonds is 9. The summed E-state index contributed by atoms with van der Waals surface area (Å²) in [5, 5.41) is 14.2. The van der Waals surface area contributed by atoms with E-state index in [0.29, 0.717) is 37.4 Å². The Morgan fingerprint density at radius 2 is 1.93 bits per heavy atom. The second-order valence-corrected chi connectivity index (χ2v) is 11.2. The van der Waals surface area contributed by atoms with Gasteiger partial charge >= 0.3 is 0 Å². The molecule has 3 heterocycles. The molecule has 4 aromatic rings. The van der Waals surface area contributed by atoms with Gasteiger partial charge in [0, 0.05) is 36.9 Å². The largest absolute Gasteiger partial charge is 0.366 e. The minimum atomic E-state index is 0.197. The van der Waals surface area contributed by atoms with Crippen LogP contribution >= 0.6 is 0 Å². The highest BCUT2D eigenvalue weighted by Crippen LogP contribution is 2.26. The Morgan fingerprint density at radius 3 is 2.77 bits per heavy atom. The summed E-state index contributed by atoms with van der Waals surface area (Å²) in [7, 11) is 0. The van der Waals surface area contributed by atoms with Crippen molar-refractivity contribution in [2.24, 2.45) is 0 Å². The Balaban J connectivity index is 1.16. The van der Waals surface area contributed by atoms with Gasteiger partial charge in [-0.1, -0.05) is 55.3 Å². The molecule has 1 saturated heterocycles. The number of hydrogen-bond donors (Lipinski definition) is 2. The maximum Gasteiger partial charge on any atom is 0.227 e. The van der Waals surface area contributed by atoms with Gasteiger partial charge in [-0.2, -0.15) is 5.10 Å². The number of aromatic nitrogens is 4. The van der Waals surface area contributed by atoms with E-state index in [-0.39, 0.29) is 5.91 Å². The Hall–Kier alpha value is -3.78. The van der Waals surface area contributed by atoms with Crippen LogP contribution in [0.4, 0.5) is 5.82 Å². The lowest BCUT2D eigenvalue weighted by Gasteiger charge is -2.29. The third kappa shape index (κ3) is 6.02. The van der Waals surface area contributed by atoms with Gasteiger partial charge in [0.15, 0.2) is 5.82 Å². The molecule has 8 nitrogen and oxygen atoms in total. The first kappa shape index (κ1) is 26.4. The highest BCUT2D eigenvalue weighted by Gasteiger charge is 2.27. The van der Waals surface area contributed by atoms with E-state index >= 15 is 0 Å². The molecule has 6 rings (SSSR count). The van der Waals surface area contributed by atoms with Crippen molar-refractivity contribution >= 4 is 22.5 Å². The first-order valence-corrected chi connectivity index (χ1v) is 14.8. The third-order valence-corrected chi connectivity index (χ3v) is 8.38. The van der Waals surface area contributed by atoms with Crippen molar-refractivity contribution in [3.05, 3.63) is 72.2 Å². The number of anilines is 1. The zero-order valence-corrected chi connectivity index (χ0v) is 23.4. The number of fused-ring (bicyclic) bond motifs is 1. The van der Waals surface area contributed by atoms with E-state index < -0.39 is 0 Å². The number of aryl methyl sites for hydroxylation is 1. The number of piperidine rings is 1. The average molecular weight is 538 g/mol. The summed E-state index contributed by atoms with van der Waals surface area (Å²) >= 11 is 0. The molecule has 2 N–H and O–H groups in total. The monoisotopic (exact) mass is 537 g/mol. The number of carbonyl (C=O) groups is 1. The molecule has 2 aliphatic rings. The molecule has 0 bridgehead atoms. The molecule has 208 valence electrons. The normalized spacial score (nSPS) is 17.8. The van der Waals surface area contributed by atoms with Crippen LogP contribution in [0, 0.1) is 6.92 Å². The van der Waals surface area contributed by atoms with E-state index in [2.05, 4.69) is 50.8 Å². The topological polar surface area (TPSA) is 88.0 Å². The Kier molecular flexibility index (Phi) is 8.04. The van der Waals surface area contributed by atoms with Crippen LogP contribution in [-0.4, -0.2) is 62.3 Å². The summed E-state index contributed by atoms with van der Waals surface area (Å²) < 4.78 is 1.95. The second kappa shape index (κ2) is 12.2. The van der Waals surface area contributed by atoms with Gasteiger partial charge in [-0.15, -0.1) is 0 Å². The number of carbonyl (C=O) groups excluding carboxylic acids is 1. The maximum absolute atomic E-state index is 13.7. The maximum atomic E-state index is 13.7. The zero-order valence-electron chi connectivity index (χ0n) is 23.4. The fourth-order valence-corrected chi connectivity index (χ4v) is 6.23. The fraction of sp³-hybridized carbons (Fsp3) is 0.438. The molecule has 0 spiro atoms. The quantitative estimate of drug-likeness (QED) is 0.313. The molecule has 2 aromatic heterocycles. The van der Waals surface area contributed by atoms with Gasteiger partial charge in [0.05, 0.1) is 13.0 Å². The first-order valence-electron chi connectivity index (χ1n) is 14.8. The van der Waals surface area contributed by atoms with E-state index in [4.69, 9.17) is 10.1 Å². The van der Waals surface area contributed by atoms with E-state index in [0.717, 1.165) is 60.5 Å². The summed E-state index contributed by atoms with van der Waals surface area (Å²) in [6.07, 6.45) is 9.07.